The average Bonchev–Trinajstić information content (AvgIpc) is 2.32. The van der Waals surface area contributed by atoms with E-state index in [4.69, 9.17) is 0 Å². The molecule has 0 aliphatic heterocycles. The highest BCUT2D eigenvalue weighted by atomic mass is 19.2. The first-order valence-electron chi connectivity index (χ1n) is 6.80. The van der Waals surface area contributed by atoms with Crippen molar-refractivity contribution in [3.05, 3.63) is 34.9 Å². The molecule has 3 heteroatoms. The summed E-state index contributed by atoms with van der Waals surface area (Å²) in [6, 6.07) is 3.16. The largest absolute Gasteiger partial charge is 0.313 e. The standard InChI is InChI=1S/C16H25F2N/c1-10-7-8-12(15(18)14(10)17)13(19-6)9-11(2)16(3,4)5/h7-8,11,13,19H,9H2,1-6H3. The van der Waals surface area contributed by atoms with Crippen LogP contribution in [-0.2, 0) is 0 Å². The van der Waals surface area contributed by atoms with E-state index in [0.717, 1.165) is 6.42 Å². The molecule has 1 rings (SSSR count). The zero-order valence-electron chi connectivity index (χ0n) is 12.8. The van der Waals surface area contributed by atoms with Gasteiger partial charge in [0.1, 0.15) is 0 Å². The minimum atomic E-state index is -0.735. The van der Waals surface area contributed by atoms with E-state index in [2.05, 4.69) is 33.0 Å². The van der Waals surface area contributed by atoms with Gasteiger partial charge in [0.05, 0.1) is 0 Å². The molecule has 0 radical (unpaired) electrons. The molecule has 0 bridgehead atoms. The molecule has 0 amide bonds. The molecule has 0 aliphatic rings. The molecule has 0 aromatic heterocycles. The smallest absolute Gasteiger partial charge is 0.163 e. The second kappa shape index (κ2) is 6.00. The number of benzene rings is 1. The van der Waals surface area contributed by atoms with Gasteiger partial charge in [-0.2, -0.15) is 0 Å². The van der Waals surface area contributed by atoms with Crippen LogP contribution in [-0.4, -0.2) is 7.05 Å². The van der Waals surface area contributed by atoms with Crippen molar-refractivity contribution in [1.82, 2.24) is 5.32 Å². The zero-order valence-corrected chi connectivity index (χ0v) is 12.8. The minimum absolute atomic E-state index is 0.148. The summed E-state index contributed by atoms with van der Waals surface area (Å²) in [4.78, 5) is 0. The Morgan fingerprint density at radius 1 is 1.16 bits per heavy atom. The van der Waals surface area contributed by atoms with E-state index in [0.29, 0.717) is 17.0 Å². The van der Waals surface area contributed by atoms with Gasteiger partial charge in [-0.05, 0) is 37.3 Å². The molecular formula is C16H25F2N. The van der Waals surface area contributed by atoms with Gasteiger partial charge in [0.2, 0.25) is 0 Å². The quantitative estimate of drug-likeness (QED) is 0.842. The Labute approximate surface area is 115 Å². The Morgan fingerprint density at radius 3 is 2.21 bits per heavy atom. The maximum atomic E-state index is 14.0. The van der Waals surface area contributed by atoms with Crippen LogP contribution in [0.1, 0.15) is 51.3 Å². The summed E-state index contributed by atoms with van der Waals surface area (Å²) in [5.74, 6) is -1.06. The number of nitrogens with one attached hydrogen (secondary N) is 1. The minimum Gasteiger partial charge on any atom is -0.313 e. The van der Waals surface area contributed by atoms with Crippen molar-refractivity contribution >= 4 is 0 Å². The van der Waals surface area contributed by atoms with Crippen LogP contribution < -0.4 is 5.32 Å². The van der Waals surface area contributed by atoms with Crippen LogP contribution in [0.15, 0.2) is 12.1 Å². The van der Waals surface area contributed by atoms with Crippen molar-refractivity contribution in [3.63, 3.8) is 0 Å². The molecular weight excluding hydrogens is 244 g/mol. The molecule has 1 nitrogen and oxygen atoms in total. The fourth-order valence-corrected chi connectivity index (χ4v) is 2.04. The third kappa shape index (κ3) is 3.75. The number of aryl methyl sites for hydroxylation is 1. The Hall–Kier alpha value is -0.960. The lowest BCUT2D eigenvalue weighted by atomic mass is 9.77. The van der Waals surface area contributed by atoms with Crippen LogP contribution in [0.5, 0.6) is 0 Å². The number of rotatable bonds is 4. The van der Waals surface area contributed by atoms with E-state index in [1.165, 1.54) is 0 Å². The monoisotopic (exact) mass is 269 g/mol. The van der Waals surface area contributed by atoms with Crippen LogP contribution in [0, 0.1) is 29.9 Å². The SMILES string of the molecule is CNC(CC(C)C(C)(C)C)c1ccc(C)c(F)c1F. The van der Waals surface area contributed by atoms with E-state index in [-0.39, 0.29) is 11.5 Å². The predicted molar refractivity (Wildman–Crippen MR) is 76.1 cm³/mol. The molecule has 0 saturated carbocycles. The zero-order chi connectivity index (χ0) is 14.8. The van der Waals surface area contributed by atoms with Crippen molar-refractivity contribution in [1.29, 1.82) is 0 Å². The van der Waals surface area contributed by atoms with Gasteiger partial charge in [0.15, 0.2) is 11.6 Å². The molecule has 2 atom stereocenters. The normalized spacial score (nSPS) is 15.4. The summed E-state index contributed by atoms with van der Waals surface area (Å²) in [6.45, 7) is 10.2. The first-order valence-corrected chi connectivity index (χ1v) is 6.80. The molecule has 0 fully saturated rings. The Balaban J connectivity index is 3.02. The fraction of sp³-hybridized carbons (Fsp3) is 0.625. The van der Waals surface area contributed by atoms with Gasteiger partial charge >= 0.3 is 0 Å². The summed E-state index contributed by atoms with van der Waals surface area (Å²) in [7, 11) is 1.79. The molecule has 0 heterocycles. The van der Waals surface area contributed by atoms with Gasteiger partial charge in [-0.15, -0.1) is 0 Å². The fourth-order valence-electron chi connectivity index (χ4n) is 2.04. The summed E-state index contributed by atoms with van der Waals surface area (Å²) >= 11 is 0. The highest BCUT2D eigenvalue weighted by molar-refractivity contribution is 5.28. The van der Waals surface area contributed by atoms with E-state index >= 15 is 0 Å². The van der Waals surface area contributed by atoms with Gasteiger partial charge in [-0.25, -0.2) is 8.78 Å². The topological polar surface area (TPSA) is 12.0 Å². The lowest BCUT2D eigenvalue weighted by molar-refractivity contribution is 0.224. The maximum absolute atomic E-state index is 14.0. The Morgan fingerprint density at radius 2 is 1.74 bits per heavy atom. The molecule has 0 saturated heterocycles. The van der Waals surface area contributed by atoms with Gasteiger partial charge in [-0.1, -0.05) is 39.8 Å². The van der Waals surface area contributed by atoms with Gasteiger partial charge < -0.3 is 5.32 Å². The Kier molecular flexibility index (Phi) is 5.08. The molecule has 108 valence electrons. The van der Waals surface area contributed by atoms with E-state index < -0.39 is 11.6 Å². The third-order valence-electron chi connectivity index (χ3n) is 4.10. The van der Waals surface area contributed by atoms with Crippen LogP contribution in [0.3, 0.4) is 0 Å². The lowest BCUT2D eigenvalue weighted by Crippen LogP contribution is -2.26. The van der Waals surface area contributed by atoms with Gasteiger partial charge in [-0.3, -0.25) is 0 Å². The van der Waals surface area contributed by atoms with Crippen LogP contribution in [0.25, 0.3) is 0 Å². The van der Waals surface area contributed by atoms with E-state index in [1.54, 1.807) is 26.1 Å². The molecule has 19 heavy (non-hydrogen) atoms. The number of hydrogen-bond donors (Lipinski definition) is 1. The first-order chi connectivity index (χ1) is 8.68. The van der Waals surface area contributed by atoms with Crippen molar-refractivity contribution in [2.45, 2.75) is 47.1 Å². The predicted octanol–water partition coefficient (Wildman–Crippen LogP) is 4.61. The van der Waals surface area contributed by atoms with Crippen LogP contribution in [0.4, 0.5) is 8.78 Å². The van der Waals surface area contributed by atoms with Crippen molar-refractivity contribution in [2.24, 2.45) is 11.3 Å². The average molecular weight is 269 g/mol. The summed E-state index contributed by atoms with van der Waals surface area (Å²) < 4.78 is 27.7. The van der Waals surface area contributed by atoms with Crippen molar-refractivity contribution < 1.29 is 8.78 Å². The van der Waals surface area contributed by atoms with Gasteiger partial charge in [0, 0.05) is 11.6 Å². The van der Waals surface area contributed by atoms with E-state index in [1.807, 2.05) is 0 Å². The van der Waals surface area contributed by atoms with E-state index in [9.17, 15) is 8.78 Å². The molecule has 0 aliphatic carbocycles. The maximum Gasteiger partial charge on any atom is 0.163 e. The summed E-state index contributed by atoms with van der Waals surface area (Å²) in [5, 5.41) is 3.10. The molecule has 1 aromatic rings. The van der Waals surface area contributed by atoms with Crippen LogP contribution >= 0.6 is 0 Å². The molecule has 2 unspecified atom stereocenters. The number of halogens is 2. The second-order valence-electron chi connectivity index (χ2n) is 6.44. The number of hydrogen-bond acceptors (Lipinski definition) is 1. The second-order valence-corrected chi connectivity index (χ2v) is 6.44. The van der Waals surface area contributed by atoms with Crippen LogP contribution in [0.2, 0.25) is 0 Å². The summed E-state index contributed by atoms with van der Waals surface area (Å²) in [6.07, 6.45) is 0.777. The highest BCUT2D eigenvalue weighted by Gasteiger charge is 2.26. The van der Waals surface area contributed by atoms with Gasteiger partial charge in [0.25, 0.3) is 0 Å². The molecule has 0 spiro atoms. The van der Waals surface area contributed by atoms with Crippen molar-refractivity contribution in [2.75, 3.05) is 7.05 Å². The lowest BCUT2D eigenvalue weighted by Gasteiger charge is -2.31. The first kappa shape index (κ1) is 16.1. The highest BCUT2D eigenvalue weighted by Crippen LogP contribution is 2.34. The molecule has 1 N–H and O–H groups in total. The van der Waals surface area contributed by atoms with Crippen molar-refractivity contribution in [3.8, 4) is 0 Å². The Bertz CT molecular complexity index is 435. The third-order valence-corrected chi connectivity index (χ3v) is 4.10. The molecule has 1 aromatic carbocycles. The summed E-state index contributed by atoms with van der Waals surface area (Å²) in [5.41, 5.74) is 0.913.